The Hall–Kier alpha value is -2.39. The van der Waals surface area contributed by atoms with Crippen LogP contribution in [0.15, 0.2) is 67.1 Å². The Bertz CT molecular complexity index is 716. The van der Waals surface area contributed by atoms with Crippen LogP contribution in [-0.4, -0.2) is 9.55 Å². The minimum atomic E-state index is -0.154. The average Bonchev–Trinajstić information content (AvgIpc) is 2.95. The van der Waals surface area contributed by atoms with E-state index in [0.29, 0.717) is 0 Å². The van der Waals surface area contributed by atoms with Crippen LogP contribution in [-0.2, 0) is 6.54 Å². The second-order valence-corrected chi connectivity index (χ2v) is 5.32. The van der Waals surface area contributed by atoms with Gasteiger partial charge in [-0.05, 0) is 18.1 Å². The SMILES string of the molecule is Cc1cccc(Cn2cncc2C(N)c2ccccc2)c1. The first-order valence-electron chi connectivity index (χ1n) is 7.10. The maximum absolute atomic E-state index is 6.38. The van der Waals surface area contributed by atoms with E-state index in [1.165, 1.54) is 11.1 Å². The Balaban J connectivity index is 1.87. The lowest BCUT2D eigenvalue weighted by atomic mass is 10.0. The number of hydrogen-bond acceptors (Lipinski definition) is 2. The van der Waals surface area contributed by atoms with Crippen molar-refractivity contribution in [1.82, 2.24) is 9.55 Å². The summed E-state index contributed by atoms with van der Waals surface area (Å²) in [5.74, 6) is 0. The monoisotopic (exact) mass is 277 g/mol. The van der Waals surface area contributed by atoms with Crippen LogP contribution in [0, 0.1) is 6.92 Å². The molecule has 0 saturated heterocycles. The van der Waals surface area contributed by atoms with Crippen LogP contribution in [0.2, 0.25) is 0 Å². The van der Waals surface area contributed by atoms with Gasteiger partial charge in [-0.3, -0.25) is 0 Å². The van der Waals surface area contributed by atoms with Crippen molar-refractivity contribution in [2.45, 2.75) is 19.5 Å². The fourth-order valence-corrected chi connectivity index (χ4v) is 2.56. The zero-order valence-electron chi connectivity index (χ0n) is 12.1. The fraction of sp³-hybridized carbons (Fsp3) is 0.167. The maximum Gasteiger partial charge on any atom is 0.0951 e. The Labute approximate surface area is 125 Å². The molecule has 0 bridgehead atoms. The summed E-state index contributed by atoms with van der Waals surface area (Å²) in [6.45, 7) is 2.89. The van der Waals surface area contributed by atoms with Gasteiger partial charge in [0.05, 0.1) is 24.3 Å². The minimum Gasteiger partial charge on any atom is -0.328 e. The summed E-state index contributed by atoms with van der Waals surface area (Å²) in [5.41, 5.74) is 11.0. The number of nitrogens with zero attached hydrogens (tertiary/aromatic N) is 2. The van der Waals surface area contributed by atoms with Crippen LogP contribution in [0.3, 0.4) is 0 Å². The van der Waals surface area contributed by atoms with E-state index >= 15 is 0 Å². The van der Waals surface area contributed by atoms with Gasteiger partial charge in [-0.1, -0.05) is 60.2 Å². The molecule has 1 atom stereocenters. The lowest BCUT2D eigenvalue weighted by Gasteiger charge is -2.15. The van der Waals surface area contributed by atoms with Crippen molar-refractivity contribution in [3.05, 3.63) is 89.5 Å². The summed E-state index contributed by atoms with van der Waals surface area (Å²) in [7, 11) is 0. The predicted molar refractivity (Wildman–Crippen MR) is 85.0 cm³/mol. The molecule has 3 aromatic rings. The lowest BCUT2D eigenvalue weighted by molar-refractivity contribution is 0.695. The van der Waals surface area contributed by atoms with Gasteiger partial charge < -0.3 is 10.3 Å². The number of imidazole rings is 1. The highest BCUT2D eigenvalue weighted by molar-refractivity contribution is 5.28. The van der Waals surface area contributed by atoms with E-state index < -0.39 is 0 Å². The number of aryl methyl sites for hydroxylation is 1. The molecule has 1 heterocycles. The average molecular weight is 277 g/mol. The zero-order chi connectivity index (χ0) is 14.7. The molecule has 0 amide bonds. The molecule has 0 aliphatic carbocycles. The molecule has 0 radical (unpaired) electrons. The third kappa shape index (κ3) is 3.03. The van der Waals surface area contributed by atoms with Crippen molar-refractivity contribution in [3.63, 3.8) is 0 Å². The molecule has 21 heavy (non-hydrogen) atoms. The van der Waals surface area contributed by atoms with E-state index in [1.807, 2.05) is 30.7 Å². The summed E-state index contributed by atoms with van der Waals surface area (Å²) >= 11 is 0. The fourth-order valence-electron chi connectivity index (χ4n) is 2.56. The number of hydrogen-bond donors (Lipinski definition) is 1. The second kappa shape index (κ2) is 5.94. The predicted octanol–water partition coefficient (Wildman–Crippen LogP) is 3.29. The van der Waals surface area contributed by atoms with Crippen LogP contribution < -0.4 is 5.73 Å². The first kappa shape index (κ1) is 13.6. The van der Waals surface area contributed by atoms with Crippen LogP contribution in [0.5, 0.6) is 0 Å². The molecule has 0 fully saturated rings. The van der Waals surface area contributed by atoms with Gasteiger partial charge in [0.2, 0.25) is 0 Å². The van der Waals surface area contributed by atoms with Crippen LogP contribution in [0.25, 0.3) is 0 Å². The van der Waals surface area contributed by atoms with Gasteiger partial charge in [-0.15, -0.1) is 0 Å². The van der Waals surface area contributed by atoms with Gasteiger partial charge in [0.25, 0.3) is 0 Å². The van der Waals surface area contributed by atoms with Gasteiger partial charge >= 0.3 is 0 Å². The van der Waals surface area contributed by atoms with Crippen LogP contribution >= 0.6 is 0 Å². The highest BCUT2D eigenvalue weighted by Crippen LogP contribution is 2.20. The molecule has 0 aliphatic heterocycles. The van der Waals surface area contributed by atoms with Crippen molar-refractivity contribution in [3.8, 4) is 0 Å². The van der Waals surface area contributed by atoms with Crippen molar-refractivity contribution in [2.75, 3.05) is 0 Å². The number of aromatic nitrogens is 2. The third-order valence-electron chi connectivity index (χ3n) is 3.66. The van der Waals surface area contributed by atoms with Gasteiger partial charge in [-0.25, -0.2) is 4.98 Å². The number of nitrogens with two attached hydrogens (primary N) is 1. The summed E-state index contributed by atoms with van der Waals surface area (Å²) in [6, 6.07) is 18.5. The third-order valence-corrected chi connectivity index (χ3v) is 3.66. The second-order valence-electron chi connectivity index (χ2n) is 5.32. The number of rotatable bonds is 4. The summed E-state index contributed by atoms with van der Waals surface area (Å²) in [5, 5.41) is 0. The molecule has 3 nitrogen and oxygen atoms in total. The molecule has 0 saturated carbocycles. The Morgan fingerprint density at radius 3 is 2.67 bits per heavy atom. The van der Waals surface area contributed by atoms with Gasteiger partial charge in [-0.2, -0.15) is 0 Å². The minimum absolute atomic E-state index is 0.154. The van der Waals surface area contributed by atoms with E-state index in [0.717, 1.165) is 17.8 Å². The molecule has 1 unspecified atom stereocenters. The zero-order valence-corrected chi connectivity index (χ0v) is 12.1. The highest BCUT2D eigenvalue weighted by Gasteiger charge is 2.13. The molecule has 2 aromatic carbocycles. The van der Waals surface area contributed by atoms with Gasteiger partial charge in [0, 0.05) is 6.54 Å². The smallest absolute Gasteiger partial charge is 0.0951 e. The van der Waals surface area contributed by atoms with Crippen LogP contribution in [0.1, 0.15) is 28.4 Å². The Morgan fingerprint density at radius 2 is 1.90 bits per heavy atom. The first-order valence-corrected chi connectivity index (χ1v) is 7.10. The maximum atomic E-state index is 6.38. The topological polar surface area (TPSA) is 43.8 Å². The van der Waals surface area contributed by atoms with Crippen molar-refractivity contribution in [1.29, 1.82) is 0 Å². The van der Waals surface area contributed by atoms with E-state index in [-0.39, 0.29) is 6.04 Å². The number of benzene rings is 2. The molecular formula is C18H19N3. The van der Waals surface area contributed by atoms with Gasteiger partial charge in [0.1, 0.15) is 0 Å². The molecule has 3 heteroatoms. The molecule has 1 aromatic heterocycles. The summed E-state index contributed by atoms with van der Waals surface area (Å²) < 4.78 is 2.12. The van der Waals surface area contributed by atoms with Crippen molar-refractivity contribution >= 4 is 0 Å². The highest BCUT2D eigenvalue weighted by atomic mass is 15.1. The Morgan fingerprint density at radius 1 is 1.10 bits per heavy atom. The molecule has 0 spiro atoms. The van der Waals surface area contributed by atoms with E-state index in [4.69, 9.17) is 5.73 Å². The van der Waals surface area contributed by atoms with Crippen molar-refractivity contribution < 1.29 is 0 Å². The van der Waals surface area contributed by atoms with E-state index in [9.17, 15) is 0 Å². The summed E-state index contributed by atoms with van der Waals surface area (Å²) in [4.78, 5) is 4.27. The van der Waals surface area contributed by atoms with E-state index in [1.54, 1.807) is 0 Å². The molecule has 2 N–H and O–H groups in total. The first-order chi connectivity index (χ1) is 10.2. The quantitative estimate of drug-likeness (QED) is 0.795. The van der Waals surface area contributed by atoms with Crippen LogP contribution in [0.4, 0.5) is 0 Å². The van der Waals surface area contributed by atoms with Gasteiger partial charge in [0.15, 0.2) is 0 Å². The van der Waals surface area contributed by atoms with Crippen molar-refractivity contribution in [2.24, 2.45) is 5.73 Å². The molecule has 0 aliphatic rings. The molecular weight excluding hydrogens is 258 g/mol. The largest absolute Gasteiger partial charge is 0.328 e. The molecule has 3 rings (SSSR count). The lowest BCUT2D eigenvalue weighted by Crippen LogP contribution is -2.16. The summed E-state index contributed by atoms with van der Waals surface area (Å²) in [6.07, 6.45) is 3.70. The normalized spacial score (nSPS) is 12.3. The Kier molecular flexibility index (Phi) is 3.84. The van der Waals surface area contributed by atoms with E-state index in [2.05, 4.69) is 52.9 Å². The molecule has 106 valence electrons. The standard InChI is InChI=1S/C18H19N3/c1-14-6-5-7-15(10-14)12-21-13-20-11-17(21)18(19)16-8-3-2-4-9-16/h2-11,13,18H,12,19H2,1H3.